The van der Waals surface area contributed by atoms with Crippen LogP contribution in [-0.2, 0) is 19.2 Å². The van der Waals surface area contributed by atoms with Crippen LogP contribution in [0.3, 0.4) is 0 Å². The van der Waals surface area contributed by atoms with Gasteiger partial charge in [0.25, 0.3) is 0 Å². The first-order valence-electron chi connectivity index (χ1n) is 4.63. The molecule has 0 aromatic carbocycles. The van der Waals surface area contributed by atoms with Crippen LogP contribution >= 0.6 is 0 Å². The Kier molecular flexibility index (Phi) is 6.24. The summed E-state index contributed by atoms with van der Waals surface area (Å²) in [5.74, 6) is 0.181. The average Bonchev–Trinajstić information content (AvgIpc) is 2.10. The second-order valence-electron chi connectivity index (χ2n) is 3.54. The van der Waals surface area contributed by atoms with Crippen molar-refractivity contribution in [3.05, 3.63) is 0 Å². The van der Waals surface area contributed by atoms with Crippen LogP contribution in [0.2, 0.25) is 0 Å². The van der Waals surface area contributed by atoms with E-state index in [4.69, 9.17) is 0 Å². The van der Waals surface area contributed by atoms with Crippen LogP contribution in [0.25, 0.3) is 0 Å². The number of hydrogen-bond donors (Lipinski definition) is 0. The zero-order valence-electron chi connectivity index (χ0n) is 9.31. The summed E-state index contributed by atoms with van der Waals surface area (Å²) in [5, 5.41) is 0. The van der Waals surface area contributed by atoms with Crippen LogP contribution in [0.5, 0.6) is 0 Å². The Morgan fingerprint density at radius 3 is 2.00 bits per heavy atom. The van der Waals surface area contributed by atoms with Crippen molar-refractivity contribution in [2.24, 2.45) is 5.92 Å². The van der Waals surface area contributed by atoms with Crippen molar-refractivity contribution in [2.75, 3.05) is 6.61 Å². The minimum absolute atomic E-state index is 0.181. The Morgan fingerprint density at radius 1 is 1.00 bits per heavy atom. The predicted molar refractivity (Wildman–Crippen MR) is 50.0 cm³/mol. The van der Waals surface area contributed by atoms with Gasteiger partial charge in [-0.05, 0) is 19.8 Å². The molecule has 0 fully saturated rings. The Bertz CT molecular complexity index is 211. The van der Waals surface area contributed by atoms with Crippen molar-refractivity contribution in [3.8, 4) is 0 Å². The lowest BCUT2D eigenvalue weighted by Gasteiger charge is -2.07. The van der Waals surface area contributed by atoms with Crippen molar-refractivity contribution in [1.29, 1.82) is 0 Å². The fourth-order valence-corrected chi connectivity index (χ4v) is 0.539. The minimum atomic E-state index is -1.08. The van der Waals surface area contributed by atoms with Crippen molar-refractivity contribution in [1.82, 2.24) is 0 Å². The number of carbonyl (C=O) groups is 2. The predicted octanol–water partition coefficient (Wildman–Crippen LogP) is 2.27. The first-order chi connectivity index (χ1) is 6.91. The van der Waals surface area contributed by atoms with Gasteiger partial charge in [0.1, 0.15) is 0 Å². The highest BCUT2D eigenvalue weighted by molar-refractivity contribution is 5.63. The van der Waals surface area contributed by atoms with Crippen LogP contribution in [0, 0.1) is 5.92 Å². The van der Waals surface area contributed by atoms with Gasteiger partial charge in [-0.3, -0.25) is 0 Å². The second-order valence-corrected chi connectivity index (χ2v) is 3.54. The molecule has 0 bridgehead atoms. The molecule has 88 valence electrons. The summed E-state index contributed by atoms with van der Waals surface area (Å²) in [7, 11) is 0. The lowest BCUT2D eigenvalue weighted by atomic mass is 10.2. The zero-order valence-corrected chi connectivity index (χ0v) is 9.31. The molecule has 0 saturated carbocycles. The summed E-state index contributed by atoms with van der Waals surface area (Å²) in [6.45, 7) is 7.19. The third-order valence-corrected chi connectivity index (χ3v) is 1.04. The fourth-order valence-electron chi connectivity index (χ4n) is 0.539. The van der Waals surface area contributed by atoms with Gasteiger partial charge in [0, 0.05) is 0 Å². The maximum atomic E-state index is 10.8. The normalized spacial score (nSPS) is 10.0. The third-order valence-electron chi connectivity index (χ3n) is 1.04. The van der Waals surface area contributed by atoms with Gasteiger partial charge < -0.3 is 9.47 Å². The van der Waals surface area contributed by atoms with Gasteiger partial charge in [0.2, 0.25) is 0 Å². The maximum Gasteiger partial charge on any atom is 0.550 e. The second kappa shape index (κ2) is 6.92. The number of carbonyl (C=O) groups excluding carboxylic acids is 2. The minimum Gasteiger partial charge on any atom is -0.431 e. The van der Waals surface area contributed by atoms with Crippen LogP contribution in [0.15, 0.2) is 0 Å². The highest BCUT2D eigenvalue weighted by atomic mass is 17.3. The van der Waals surface area contributed by atoms with Gasteiger partial charge in [0.15, 0.2) is 0 Å². The number of ether oxygens (including phenoxy) is 2. The highest BCUT2D eigenvalue weighted by Crippen LogP contribution is 1.97. The zero-order chi connectivity index (χ0) is 11.8. The van der Waals surface area contributed by atoms with Gasteiger partial charge in [-0.2, -0.15) is 19.4 Å². The summed E-state index contributed by atoms with van der Waals surface area (Å²) in [6.07, 6.45) is -2.48. The van der Waals surface area contributed by atoms with Crippen molar-refractivity contribution < 1.29 is 28.8 Å². The van der Waals surface area contributed by atoms with E-state index >= 15 is 0 Å². The molecule has 0 aliphatic heterocycles. The highest BCUT2D eigenvalue weighted by Gasteiger charge is 2.13. The molecule has 0 saturated heterocycles. The Morgan fingerprint density at radius 2 is 1.53 bits per heavy atom. The van der Waals surface area contributed by atoms with E-state index in [1.54, 1.807) is 13.8 Å². The maximum absolute atomic E-state index is 10.8. The van der Waals surface area contributed by atoms with Crippen LogP contribution in [-0.4, -0.2) is 25.0 Å². The Hall–Kier alpha value is -1.46. The molecule has 0 spiro atoms. The SMILES string of the molecule is CC(C)COC(=O)OOC(=O)OC(C)C. The van der Waals surface area contributed by atoms with Gasteiger partial charge in [-0.25, -0.2) is 0 Å². The molecule has 6 heteroatoms. The van der Waals surface area contributed by atoms with E-state index in [-0.39, 0.29) is 18.6 Å². The van der Waals surface area contributed by atoms with Crippen molar-refractivity contribution in [2.45, 2.75) is 33.8 Å². The summed E-state index contributed by atoms with van der Waals surface area (Å²) >= 11 is 0. The first kappa shape index (κ1) is 13.5. The molecule has 0 aliphatic rings. The van der Waals surface area contributed by atoms with E-state index in [0.717, 1.165) is 0 Å². The fraction of sp³-hybridized carbons (Fsp3) is 0.778. The van der Waals surface area contributed by atoms with Gasteiger partial charge >= 0.3 is 12.3 Å². The van der Waals surface area contributed by atoms with Crippen LogP contribution < -0.4 is 0 Å². The molecular formula is C9H16O6. The third kappa shape index (κ3) is 8.86. The van der Waals surface area contributed by atoms with Crippen molar-refractivity contribution in [3.63, 3.8) is 0 Å². The molecule has 0 aromatic heterocycles. The lowest BCUT2D eigenvalue weighted by Crippen LogP contribution is -2.17. The molecule has 0 unspecified atom stereocenters. The molecule has 0 heterocycles. The van der Waals surface area contributed by atoms with Crippen LogP contribution in [0.1, 0.15) is 27.7 Å². The average molecular weight is 220 g/mol. The van der Waals surface area contributed by atoms with Gasteiger partial charge in [-0.1, -0.05) is 13.8 Å². The summed E-state index contributed by atoms with van der Waals surface area (Å²) in [4.78, 5) is 29.5. The summed E-state index contributed by atoms with van der Waals surface area (Å²) < 4.78 is 9.10. The van der Waals surface area contributed by atoms with E-state index in [2.05, 4.69) is 19.2 Å². The van der Waals surface area contributed by atoms with E-state index in [1.807, 2.05) is 13.8 Å². The van der Waals surface area contributed by atoms with Gasteiger partial charge in [-0.15, -0.1) is 0 Å². The van der Waals surface area contributed by atoms with E-state index in [1.165, 1.54) is 0 Å². The molecule has 0 atom stereocenters. The first-order valence-corrected chi connectivity index (χ1v) is 4.63. The molecule has 0 radical (unpaired) electrons. The standard InChI is InChI=1S/C9H16O6/c1-6(2)5-12-8(10)14-15-9(11)13-7(3)4/h6-7H,5H2,1-4H3. The summed E-state index contributed by atoms with van der Waals surface area (Å²) in [6, 6.07) is 0. The molecule has 0 aliphatic carbocycles. The number of rotatable bonds is 3. The van der Waals surface area contributed by atoms with E-state index in [0.29, 0.717) is 0 Å². The molecule has 0 rings (SSSR count). The molecule has 6 nitrogen and oxygen atoms in total. The quantitative estimate of drug-likeness (QED) is 0.412. The van der Waals surface area contributed by atoms with Gasteiger partial charge in [0.05, 0.1) is 12.7 Å². The molecule has 0 aromatic rings. The number of hydrogen-bond acceptors (Lipinski definition) is 6. The topological polar surface area (TPSA) is 71.1 Å². The molecule has 15 heavy (non-hydrogen) atoms. The largest absolute Gasteiger partial charge is 0.550 e. The van der Waals surface area contributed by atoms with E-state index in [9.17, 15) is 9.59 Å². The molecule has 0 amide bonds. The Labute approximate surface area is 88.4 Å². The monoisotopic (exact) mass is 220 g/mol. The Balaban J connectivity index is 3.58. The van der Waals surface area contributed by atoms with Crippen molar-refractivity contribution >= 4 is 12.3 Å². The molecular weight excluding hydrogens is 204 g/mol. The smallest absolute Gasteiger partial charge is 0.431 e. The van der Waals surface area contributed by atoms with E-state index < -0.39 is 12.3 Å². The summed E-state index contributed by atoms with van der Waals surface area (Å²) in [5.41, 5.74) is 0. The molecule has 0 N–H and O–H groups in total. The van der Waals surface area contributed by atoms with Crippen LogP contribution in [0.4, 0.5) is 9.59 Å². The lowest BCUT2D eigenvalue weighted by molar-refractivity contribution is -0.220.